The van der Waals surface area contributed by atoms with Crippen LogP contribution in [-0.4, -0.2) is 66.4 Å². The van der Waals surface area contributed by atoms with Gasteiger partial charge < -0.3 is 19.7 Å². The molecule has 12 heteroatoms. The molecule has 0 radical (unpaired) electrons. The van der Waals surface area contributed by atoms with Crippen LogP contribution in [0, 0.1) is 0 Å². The number of benzene rings is 2. The topological polar surface area (TPSA) is 124 Å². The summed E-state index contributed by atoms with van der Waals surface area (Å²) in [6.07, 6.45) is 0.881. The summed E-state index contributed by atoms with van der Waals surface area (Å²) in [7, 11) is -0.669. The number of aromatic nitrogens is 3. The SMILES string of the molecule is CN(C)C(=O)OCCOc1cc2ncnc(Nc3ccc4scnc4c3)c2cc1S(=O)(=O)C(C)(C)C. The molecule has 4 aromatic rings. The van der Waals surface area contributed by atoms with Gasteiger partial charge in [-0.05, 0) is 45.0 Å². The van der Waals surface area contributed by atoms with Crippen molar-refractivity contribution in [2.45, 2.75) is 30.4 Å². The van der Waals surface area contributed by atoms with Crippen LogP contribution in [0.1, 0.15) is 20.8 Å². The van der Waals surface area contributed by atoms with Crippen LogP contribution in [0.5, 0.6) is 5.75 Å². The molecular formula is C24H27N5O5S2. The van der Waals surface area contributed by atoms with Crippen LogP contribution in [0.4, 0.5) is 16.3 Å². The van der Waals surface area contributed by atoms with Crippen LogP contribution in [0.3, 0.4) is 0 Å². The van der Waals surface area contributed by atoms with E-state index in [-0.39, 0.29) is 23.9 Å². The molecule has 190 valence electrons. The van der Waals surface area contributed by atoms with Gasteiger partial charge in [0.15, 0.2) is 9.84 Å². The zero-order chi connectivity index (χ0) is 26.1. The smallest absolute Gasteiger partial charge is 0.409 e. The summed E-state index contributed by atoms with van der Waals surface area (Å²) in [4.78, 5) is 26.0. The number of hydrogen-bond acceptors (Lipinski definition) is 10. The number of nitrogens with zero attached hydrogens (tertiary/aromatic N) is 4. The largest absolute Gasteiger partial charge is 0.489 e. The fourth-order valence-electron chi connectivity index (χ4n) is 3.30. The number of ether oxygens (including phenoxy) is 2. The fourth-order valence-corrected chi connectivity index (χ4v) is 5.27. The van der Waals surface area contributed by atoms with Gasteiger partial charge in [0.05, 0.1) is 26.0 Å². The molecule has 2 aromatic carbocycles. The van der Waals surface area contributed by atoms with Gasteiger partial charge in [-0.15, -0.1) is 11.3 Å². The molecule has 0 aliphatic carbocycles. The first-order valence-corrected chi connectivity index (χ1v) is 13.4. The maximum absolute atomic E-state index is 13.5. The first-order chi connectivity index (χ1) is 17.0. The number of thiazole rings is 1. The maximum Gasteiger partial charge on any atom is 0.409 e. The number of hydrogen-bond donors (Lipinski definition) is 1. The van der Waals surface area contributed by atoms with Crippen molar-refractivity contribution in [3.05, 3.63) is 42.2 Å². The molecule has 10 nitrogen and oxygen atoms in total. The molecule has 0 saturated carbocycles. The van der Waals surface area contributed by atoms with E-state index in [0.717, 1.165) is 15.9 Å². The van der Waals surface area contributed by atoms with Gasteiger partial charge in [-0.1, -0.05) is 0 Å². The molecule has 0 aliphatic rings. The van der Waals surface area contributed by atoms with E-state index in [1.54, 1.807) is 57.8 Å². The molecule has 4 rings (SSSR count). The summed E-state index contributed by atoms with van der Waals surface area (Å²) in [5, 5.41) is 3.78. The van der Waals surface area contributed by atoms with Gasteiger partial charge in [0, 0.05) is 31.2 Å². The first kappa shape index (κ1) is 25.6. The van der Waals surface area contributed by atoms with Crippen LogP contribution < -0.4 is 10.1 Å². The van der Waals surface area contributed by atoms with E-state index in [1.807, 2.05) is 18.2 Å². The number of carbonyl (C=O) groups is 1. The van der Waals surface area contributed by atoms with Crippen molar-refractivity contribution in [2.75, 3.05) is 32.6 Å². The third-order valence-electron chi connectivity index (χ3n) is 5.32. The molecule has 0 unspecified atom stereocenters. The number of sulfone groups is 1. The molecule has 0 fully saturated rings. The van der Waals surface area contributed by atoms with Crippen molar-refractivity contribution in [3.63, 3.8) is 0 Å². The Morgan fingerprint density at radius 1 is 1.06 bits per heavy atom. The Kier molecular flexibility index (Phi) is 7.01. The molecule has 2 aromatic heterocycles. The quantitative estimate of drug-likeness (QED) is 0.341. The second-order valence-electron chi connectivity index (χ2n) is 9.17. The van der Waals surface area contributed by atoms with Gasteiger partial charge in [0.25, 0.3) is 0 Å². The van der Waals surface area contributed by atoms with Gasteiger partial charge >= 0.3 is 6.09 Å². The number of fused-ring (bicyclic) bond motifs is 2. The Hall–Kier alpha value is -3.51. The van der Waals surface area contributed by atoms with E-state index in [2.05, 4.69) is 20.3 Å². The molecule has 1 N–H and O–H groups in total. The van der Waals surface area contributed by atoms with E-state index in [0.29, 0.717) is 16.7 Å². The average molecular weight is 530 g/mol. The Labute approximate surface area is 213 Å². The monoisotopic (exact) mass is 529 g/mol. The zero-order valence-corrected chi connectivity index (χ0v) is 22.2. The van der Waals surface area contributed by atoms with Crippen molar-refractivity contribution in [1.29, 1.82) is 0 Å². The van der Waals surface area contributed by atoms with Crippen LogP contribution in [0.15, 0.2) is 47.1 Å². The highest BCUT2D eigenvalue weighted by Crippen LogP contribution is 2.37. The van der Waals surface area contributed by atoms with Crippen LogP contribution >= 0.6 is 11.3 Å². The summed E-state index contributed by atoms with van der Waals surface area (Å²) >= 11 is 1.55. The lowest BCUT2D eigenvalue weighted by Crippen LogP contribution is -2.28. The normalized spacial score (nSPS) is 12.0. The number of carbonyl (C=O) groups excluding carboxylic acids is 1. The summed E-state index contributed by atoms with van der Waals surface area (Å²) < 4.78 is 37.8. The van der Waals surface area contributed by atoms with E-state index in [9.17, 15) is 13.2 Å². The first-order valence-electron chi connectivity index (χ1n) is 11.1. The lowest BCUT2D eigenvalue weighted by Gasteiger charge is -2.22. The minimum absolute atomic E-state index is 0.00856. The Morgan fingerprint density at radius 3 is 2.56 bits per heavy atom. The Bertz CT molecular complexity index is 1530. The molecule has 2 heterocycles. The van der Waals surface area contributed by atoms with Crippen molar-refractivity contribution in [1.82, 2.24) is 19.9 Å². The Balaban J connectivity index is 1.72. The van der Waals surface area contributed by atoms with Crippen LogP contribution in [0.25, 0.3) is 21.1 Å². The van der Waals surface area contributed by atoms with Gasteiger partial charge in [-0.25, -0.2) is 28.2 Å². The third kappa shape index (κ3) is 5.19. The number of amides is 1. The third-order valence-corrected chi connectivity index (χ3v) is 8.64. The lowest BCUT2D eigenvalue weighted by molar-refractivity contribution is 0.101. The number of anilines is 2. The minimum Gasteiger partial charge on any atom is -0.489 e. The molecule has 0 aliphatic heterocycles. The lowest BCUT2D eigenvalue weighted by atomic mass is 10.2. The fraction of sp³-hybridized carbons (Fsp3) is 0.333. The highest BCUT2D eigenvalue weighted by Gasteiger charge is 2.34. The van der Waals surface area contributed by atoms with E-state index < -0.39 is 20.7 Å². The standard InChI is InChI=1S/C24H27N5O5S2/c1-24(2,3)36(31,32)21-11-16-17(12-19(21)33-8-9-34-23(30)29(4)5)25-13-26-22(16)28-15-6-7-20-18(10-15)27-14-35-20/h6-7,10-14H,8-9H2,1-5H3,(H,25,26,28). The van der Waals surface area contributed by atoms with Crippen LogP contribution in [-0.2, 0) is 14.6 Å². The second kappa shape index (κ2) is 9.86. The molecular weight excluding hydrogens is 502 g/mol. The van der Waals surface area contributed by atoms with Gasteiger partial charge in [0.1, 0.15) is 36.0 Å². The highest BCUT2D eigenvalue weighted by atomic mass is 32.2. The average Bonchev–Trinajstić information content (AvgIpc) is 3.28. The highest BCUT2D eigenvalue weighted by molar-refractivity contribution is 7.92. The summed E-state index contributed by atoms with van der Waals surface area (Å²) in [6.45, 7) is 4.80. The zero-order valence-electron chi connectivity index (χ0n) is 20.6. The summed E-state index contributed by atoms with van der Waals surface area (Å²) in [5.74, 6) is 0.582. The predicted molar refractivity (Wildman–Crippen MR) is 140 cm³/mol. The molecule has 1 amide bonds. The van der Waals surface area contributed by atoms with Gasteiger partial charge in [0.2, 0.25) is 0 Å². The minimum atomic E-state index is -3.81. The molecule has 0 saturated heterocycles. The number of rotatable bonds is 7. The number of nitrogens with one attached hydrogen (secondary N) is 1. The van der Waals surface area contributed by atoms with Crippen molar-refractivity contribution < 1.29 is 22.7 Å². The molecule has 0 bridgehead atoms. The molecule has 0 atom stereocenters. The summed E-state index contributed by atoms with van der Waals surface area (Å²) in [5.41, 5.74) is 3.89. The van der Waals surface area contributed by atoms with Crippen LogP contribution in [0.2, 0.25) is 0 Å². The predicted octanol–water partition coefficient (Wildman–Crippen LogP) is 4.63. The molecule has 0 spiro atoms. The Morgan fingerprint density at radius 2 is 1.83 bits per heavy atom. The van der Waals surface area contributed by atoms with Gasteiger partial charge in [-0.2, -0.15) is 0 Å². The van der Waals surface area contributed by atoms with Gasteiger partial charge in [-0.3, -0.25) is 0 Å². The maximum atomic E-state index is 13.5. The second-order valence-corrected chi connectivity index (χ2v) is 12.7. The van der Waals surface area contributed by atoms with E-state index in [4.69, 9.17) is 9.47 Å². The van der Waals surface area contributed by atoms with Crippen molar-refractivity contribution in [3.8, 4) is 5.75 Å². The van der Waals surface area contributed by atoms with Crippen molar-refractivity contribution in [2.24, 2.45) is 0 Å². The van der Waals surface area contributed by atoms with E-state index in [1.165, 1.54) is 17.3 Å². The van der Waals surface area contributed by atoms with Crippen molar-refractivity contribution >= 4 is 59.9 Å². The summed E-state index contributed by atoms with van der Waals surface area (Å²) in [6, 6.07) is 8.87. The molecule has 36 heavy (non-hydrogen) atoms. The van der Waals surface area contributed by atoms with E-state index >= 15 is 0 Å².